The number of imidazole rings is 1. The number of alkyl halides is 3. The third kappa shape index (κ3) is 2.00. The maximum Gasteiger partial charge on any atom is 0.450 e. The predicted molar refractivity (Wildman–Crippen MR) is 46.4 cm³/mol. The minimum absolute atomic E-state index is 0.0715. The molecule has 0 amide bonds. The van der Waals surface area contributed by atoms with Gasteiger partial charge in [-0.05, 0) is 0 Å². The monoisotopic (exact) mass is 230 g/mol. The predicted octanol–water partition coefficient (Wildman–Crippen LogP) is 1.03. The first kappa shape index (κ1) is 10.5. The van der Waals surface area contributed by atoms with Crippen molar-refractivity contribution in [2.75, 3.05) is 0 Å². The van der Waals surface area contributed by atoms with Gasteiger partial charge in [0.2, 0.25) is 5.78 Å². The van der Waals surface area contributed by atoms with Crippen LogP contribution in [0.15, 0.2) is 12.5 Å². The largest absolute Gasteiger partial charge is 0.450 e. The van der Waals surface area contributed by atoms with Crippen molar-refractivity contribution in [3.8, 4) is 0 Å². The number of fused-ring (bicyclic) bond motifs is 1. The fraction of sp³-hybridized carbons (Fsp3) is 0.250. The summed E-state index contributed by atoms with van der Waals surface area (Å²) in [5.41, 5.74) is 0.632. The van der Waals surface area contributed by atoms with E-state index in [1.165, 1.54) is 12.5 Å². The second-order valence-electron chi connectivity index (χ2n) is 3.04. The van der Waals surface area contributed by atoms with Gasteiger partial charge in [0.15, 0.2) is 5.65 Å². The zero-order valence-corrected chi connectivity index (χ0v) is 7.75. The van der Waals surface area contributed by atoms with Crippen LogP contribution in [0.1, 0.15) is 5.82 Å². The van der Waals surface area contributed by atoms with Crippen LogP contribution in [0.2, 0.25) is 0 Å². The maximum atomic E-state index is 12.0. The van der Waals surface area contributed by atoms with Crippen molar-refractivity contribution in [1.29, 1.82) is 0 Å². The summed E-state index contributed by atoms with van der Waals surface area (Å²) in [5, 5.41) is 0. The number of aromatic nitrogens is 4. The molecule has 0 spiro atoms. The van der Waals surface area contributed by atoms with Crippen molar-refractivity contribution >= 4 is 16.9 Å². The maximum absolute atomic E-state index is 12.0. The molecule has 0 radical (unpaired) electrons. The fourth-order valence-electron chi connectivity index (χ4n) is 1.15. The number of hydrogen-bond donors (Lipinski definition) is 1. The van der Waals surface area contributed by atoms with Crippen LogP contribution in [0.5, 0.6) is 0 Å². The van der Waals surface area contributed by atoms with Crippen LogP contribution >= 0.6 is 0 Å². The lowest BCUT2D eigenvalue weighted by atomic mass is 10.3. The van der Waals surface area contributed by atoms with E-state index >= 15 is 0 Å². The third-order valence-corrected chi connectivity index (χ3v) is 1.86. The average molecular weight is 230 g/mol. The Kier molecular flexibility index (Phi) is 2.33. The first-order valence-corrected chi connectivity index (χ1v) is 4.21. The number of carbonyl (C=O) groups excluding carboxylic acids is 1. The highest BCUT2D eigenvalue weighted by molar-refractivity contribution is 5.86. The van der Waals surface area contributed by atoms with Crippen molar-refractivity contribution in [3.63, 3.8) is 0 Å². The van der Waals surface area contributed by atoms with Gasteiger partial charge in [-0.2, -0.15) is 13.2 Å². The van der Waals surface area contributed by atoms with Gasteiger partial charge in [0, 0.05) is 0 Å². The van der Waals surface area contributed by atoms with E-state index in [0.717, 1.165) is 0 Å². The number of rotatable bonds is 2. The molecule has 2 rings (SSSR count). The van der Waals surface area contributed by atoms with Gasteiger partial charge in [0.25, 0.3) is 0 Å². The zero-order valence-electron chi connectivity index (χ0n) is 7.75. The standard InChI is InChI=1S/C8H5F3N4O/c9-8(10,11)5(16)1-6-14-4-2-12-3-13-7(4)15-6/h2-3H,1H2,(H,12,13,14,15). The molecule has 0 atom stereocenters. The number of nitrogens with zero attached hydrogens (tertiary/aromatic N) is 3. The highest BCUT2D eigenvalue weighted by Crippen LogP contribution is 2.18. The summed E-state index contributed by atoms with van der Waals surface area (Å²) in [6, 6.07) is 0. The number of aromatic amines is 1. The molecule has 16 heavy (non-hydrogen) atoms. The van der Waals surface area contributed by atoms with Gasteiger partial charge in [0.1, 0.15) is 17.7 Å². The van der Waals surface area contributed by atoms with E-state index in [-0.39, 0.29) is 11.5 Å². The van der Waals surface area contributed by atoms with Crippen LogP contribution in [0, 0.1) is 0 Å². The summed E-state index contributed by atoms with van der Waals surface area (Å²) in [5.74, 6) is -1.92. The summed E-state index contributed by atoms with van der Waals surface area (Å²) in [7, 11) is 0. The minimum atomic E-state index is -4.84. The Bertz CT molecular complexity index is 500. The van der Waals surface area contributed by atoms with Crippen LogP contribution in [-0.4, -0.2) is 31.9 Å². The summed E-state index contributed by atoms with van der Waals surface area (Å²) in [6.07, 6.45) is -3.07. The van der Waals surface area contributed by atoms with Gasteiger partial charge in [0.05, 0.1) is 12.6 Å². The molecule has 0 saturated heterocycles. The van der Waals surface area contributed by atoms with E-state index in [1.807, 2.05) is 0 Å². The molecular weight excluding hydrogens is 225 g/mol. The van der Waals surface area contributed by atoms with Gasteiger partial charge in [-0.15, -0.1) is 0 Å². The molecule has 2 heterocycles. The minimum Gasteiger partial charge on any atom is -0.339 e. The first-order chi connectivity index (χ1) is 7.47. The van der Waals surface area contributed by atoms with Crippen LogP contribution in [-0.2, 0) is 11.2 Å². The Balaban J connectivity index is 2.25. The van der Waals surface area contributed by atoms with Crippen molar-refractivity contribution in [3.05, 3.63) is 18.3 Å². The lowest BCUT2D eigenvalue weighted by Gasteiger charge is -2.01. The number of H-pyrrole nitrogens is 1. The van der Waals surface area contributed by atoms with Crippen LogP contribution < -0.4 is 0 Å². The molecule has 1 N–H and O–H groups in total. The van der Waals surface area contributed by atoms with E-state index in [9.17, 15) is 18.0 Å². The summed E-state index contributed by atoms with van der Waals surface area (Å²) in [4.78, 5) is 24.4. The van der Waals surface area contributed by atoms with Gasteiger partial charge in [-0.1, -0.05) is 0 Å². The highest BCUT2D eigenvalue weighted by atomic mass is 19.4. The van der Waals surface area contributed by atoms with Gasteiger partial charge in [-0.25, -0.2) is 15.0 Å². The number of Topliss-reactive ketones (excluding diaryl/α,β-unsaturated/α-hetero) is 1. The van der Waals surface area contributed by atoms with Gasteiger partial charge < -0.3 is 4.98 Å². The lowest BCUT2D eigenvalue weighted by Crippen LogP contribution is -2.24. The smallest absolute Gasteiger partial charge is 0.339 e. The van der Waals surface area contributed by atoms with Crippen molar-refractivity contribution in [1.82, 2.24) is 19.9 Å². The van der Waals surface area contributed by atoms with Crippen molar-refractivity contribution in [2.24, 2.45) is 0 Å². The number of ketones is 1. The first-order valence-electron chi connectivity index (χ1n) is 4.21. The molecule has 2 aromatic heterocycles. The molecule has 0 aliphatic heterocycles. The average Bonchev–Trinajstić information content (AvgIpc) is 2.58. The van der Waals surface area contributed by atoms with Gasteiger partial charge >= 0.3 is 6.18 Å². The Morgan fingerprint density at radius 3 is 2.81 bits per heavy atom. The van der Waals surface area contributed by atoms with Crippen LogP contribution in [0.3, 0.4) is 0 Å². The molecule has 0 bridgehead atoms. The normalized spacial score (nSPS) is 11.9. The number of hydrogen-bond acceptors (Lipinski definition) is 4. The van der Waals surface area contributed by atoms with E-state index in [2.05, 4.69) is 19.9 Å². The Morgan fingerprint density at radius 1 is 1.44 bits per heavy atom. The molecule has 2 aromatic rings. The molecule has 84 valence electrons. The fourth-order valence-corrected chi connectivity index (χ4v) is 1.15. The molecule has 0 aliphatic carbocycles. The third-order valence-electron chi connectivity index (χ3n) is 1.86. The molecule has 0 aliphatic rings. The van der Waals surface area contributed by atoms with E-state index < -0.39 is 18.4 Å². The van der Waals surface area contributed by atoms with E-state index in [0.29, 0.717) is 5.52 Å². The lowest BCUT2D eigenvalue weighted by molar-refractivity contribution is -0.170. The molecule has 5 nitrogen and oxygen atoms in total. The number of nitrogens with one attached hydrogen (secondary N) is 1. The summed E-state index contributed by atoms with van der Waals surface area (Å²) >= 11 is 0. The van der Waals surface area contributed by atoms with Gasteiger partial charge in [-0.3, -0.25) is 4.79 Å². The Hall–Kier alpha value is -1.99. The molecule has 8 heteroatoms. The molecule has 0 fully saturated rings. The SMILES string of the molecule is O=C(Cc1nc2ncncc2[nH]1)C(F)(F)F. The highest BCUT2D eigenvalue weighted by Gasteiger charge is 2.38. The summed E-state index contributed by atoms with van der Waals surface area (Å²) < 4.78 is 35.9. The molecule has 0 unspecified atom stereocenters. The van der Waals surface area contributed by atoms with Crippen LogP contribution in [0.25, 0.3) is 11.2 Å². The number of carbonyl (C=O) groups is 1. The Morgan fingerprint density at radius 2 is 2.19 bits per heavy atom. The topological polar surface area (TPSA) is 71.5 Å². The van der Waals surface area contributed by atoms with E-state index in [1.54, 1.807) is 0 Å². The van der Waals surface area contributed by atoms with Crippen molar-refractivity contribution in [2.45, 2.75) is 12.6 Å². The second kappa shape index (κ2) is 3.54. The van der Waals surface area contributed by atoms with Crippen molar-refractivity contribution < 1.29 is 18.0 Å². The second-order valence-corrected chi connectivity index (χ2v) is 3.04. The molecule has 0 aromatic carbocycles. The molecular formula is C8H5F3N4O. The quantitative estimate of drug-likeness (QED) is 0.836. The molecule has 0 saturated carbocycles. The van der Waals surface area contributed by atoms with Crippen LogP contribution in [0.4, 0.5) is 13.2 Å². The Labute approximate surface area is 86.7 Å². The van der Waals surface area contributed by atoms with E-state index in [4.69, 9.17) is 0 Å². The summed E-state index contributed by atoms with van der Waals surface area (Å²) in [6.45, 7) is 0. The number of halogens is 3. The zero-order chi connectivity index (χ0) is 11.8.